The zero-order chi connectivity index (χ0) is 12.6. The van der Waals surface area contributed by atoms with E-state index in [1.165, 1.54) is 0 Å². The van der Waals surface area contributed by atoms with Crippen molar-refractivity contribution in [2.45, 2.75) is 36.9 Å². The molecule has 4 nitrogen and oxygen atoms in total. The highest BCUT2D eigenvalue weighted by Gasteiger charge is 2.37. The van der Waals surface area contributed by atoms with E-state index in [0.717, 1.165) is 13.1 Å². The van der Waals surface area contributed by atoms with Crippen LogP contribution in [0, 0.1) is 0 Å². The molecule has 6 heteroatoms. The van der Waals surface area contributed by atoms with Gasteiger partial charge in [-0.25, -0.2) is 0 Å². The molecule has 2 saturated heterocycles. The first-order valence-corrected chi connectivity index (χ1v) is 8.47. The minimum atomic E-state index is 0.437. The average Bonchev–Trinajstić information content (AvgIpc) is 2.72. The fourth-order valence-corrected chi connectivity index (χ4v) is 5.38. The third kappa shape index (κ3) is 3.11. The van der Waals surface area contributed by atoms with Gasteiger partial charge in [-0.05, 0) is 35.0 Å². The maximum absolute atomic E-state index is 3.69. The van der Waals surface area contributed by atoms with E-state index in [0.29, 0.717) is 23.1 Å². The molecule has 0 aliphatic carbocycles. The lowest BCUT2D eigenvalue weighted by molar-refractivity contribution is 0.0409. The van der Waals surface area contributed by atoms with E-state index in [-0.39, 0.29) is 0 Å². The van der Waals surface area contributed by atoms with Crippen molar-refractivity contribution in [1.82, 2.24) is 20.0 Å². The lowest BCUT2D eigenvalue weighted by Gasteiger charge is -2.44. The van der Waals surface area contributed by atoms with Crippen LogP contribution in [0.3, 0.4) is 0 Å². The molecule has 0 radical (unpaired) electrons. The minimum absolute atomic E-state index is 0.437. The maximum Gasteiger partial charge on any atom is 0.121 e. The third-order valence-corrected chi connectivity index (χ3v) is 6.51. The molecule has 2 heterocycles. The fourth-order valence-electron chi connectivity index (χ4n) is 2.32. The number of rotatable bonds is 2. The van der Waals surface area contributed by atoms with Crippen LogP contribution in [0.15, 0.2) is 0 Å². The minimum Gasteiger partial charge on any atom is -0.301 e. The van der Waals surface area contributed by atoms with Crippen molar-refractivity contribution in [1.29, 1.82) is 0 Å². The van der Waals surface area contributed by atoms with E-state index in [4.69, 9.17) is 0 Å². The van der Waals surface area contributed by atoms with Crippen molar-refractivity contribution in [3.8, 4) is 0 Å². The van der Waals surface area contributed by atoms with Gasteiger partial charge in [0.05, 0.1) is 0 Å². The summed E-state index contributed by atoms with van der Waals surface area (Å²) < 4.78 is 0. The van der Waals surface area contributed by atoms with Crippen molar-refractivity contribution < 1.29 is 0 Å². The number of hydrogen-bond donors (Lipinski definition) is 1. The van der Waals surface area contributed by atoms with Crippen LogP contribution in [0.2, 0.25) is 0 Å². The Morgan fingerprint density at radius 3 is 2.41 bits per heavy atom. The fraction of sp³-hybridized carbons (Fsp3) is 1.00. The molecule has 2 aliphatic rings. The first-order valence-electron chi connectivity index (χ1n) is 6.19. The van der Waals surface area contributed by atoms with Crippen LogP contribution >= 0.6 is 21.6 Å². The Morgan fingerprint density at radius 1 is 1.12 bits per heavy atom. The second-order valence-electron chi connectivity index (χ2n) is 5.36. The third-order valence-electron chi connectivity index (χ3n) is 3.64. The Balaban J connectivity index is 1.94. The highest BCUT2D eigenvalue weighted by atomic mass is 33.1. The van der Waals surface area contributed by atoms with Crippen molar-refractivity contribution in [3.63, 3.8) is 0 Å². The van der Waals surface area contributed by atoms with Gasteiger partial charge < -0.3 is 4.90 Å². The standard InChI is InChI=1S/C11H24N4S2/c1-8-7-15(9(2)6-14(8)5)11-12-10(13(3)4)16-17-11/h8-12H,6-7H2,1-5H3. The number of piperazine rings is 1. The van der Waals surface area contributed by atoms with Gasteiger partial charge in [0, 0.05) is 25.2 Å². The van der Waals surface area contributed by atoms with Gasteiger partial charge >= 0.3 is 0 Å². The lowest BCUT2D eigenvalue weighted by Crippen LogP contribution is -2.60. The molecule has 2 fully saturated rings. The zero-order valence-electron chi connectivity index (χ0n) is 11.4. The molecule has 0 aromatic rings. The van der Waals surface area contributed by atoms with Gasteiger partial charge in [0.2, 0.25) is 0 Å². The Bertz CT molecular complexity index is 264. The second-order valence-corrected chi connectivity index (χ2v) is 7.79. The van der Waals surface area contributed by atoms with Crippen molar-refractivity contribution >= 4 is 21.6 Å². The maximum atomic E-state index is 3.69. The second kappa shape index (κ2) is 5.67. The summed E-state index contributed by atoms with van der Waals surface area (Å²) in [5.41, 5.74) is 0.894. The van der Waals surface area contributed by atoms with Crippen molar-refractivity contribution in [2.75, 3.05) is 34.2 Å². The Morgan fingerprint density at radius 2 is 1.82 bits per heavy atom. The highest BCUT2D eigenvalue weighted by Crippen LogP contribution is 2.39. The predicted molar refractivity (Wildman–Crippen MR) is 77.8 cm³/mol. The van der Waals surface area contributed by atoms with Crippen LogP contribution in [0.4, 0.5) is 0 Å². The summed E-state index contributed by atoms with van der Waals surface area (Å²) in [4.78, 5) is 7.30. The van der Waals surface area contributed by atoms with E-state index in [1.807, 2.05) is 21.6 Å². The smallest absolute Gasteiger partial charge is 0.121 e. The Labute approximate surface area is 113 Å². The number of likely N-dealkylation sites (N-methyl/N-ethyl adjacent to an activating group) is 1. The molecule has 0 aromatic carbocycles. The summed E-state index contributed by atoms with van der Waals surface area (Å²) in [5, 5.41) is 3.69. The Hall–Kier alpha value is 0.540. The molecule has 4 atom stereocenters. The topological polar surface area (TPSA) is 21.8 Å². The molecule has 0 saturated carbocycles. The molecule has 4 unspecified atom stereocenters. The van der Waals surface area contributed by atoms with Gasteiger partial charge in [0.1, 0.15) is 11.0 Å². The first kappa shape index (κ1) is 14.0. The molecule has 100 valence electrons. The monoisotopic (exact) mass is 276 g/mol. The van der Waals surface area contributed by atoms with Gasteiger partial charge in [0.15, 0.2) is 0 Å². The molecule has 0 aromatic heterocycles. The quantitative estimate of drug-likeness (QED) is 0.758. The van der Waals surface area contributed by atoms with E-state index in [2.05, 4.69) is 55.0 Å². The summed E-state index contributed by atoms with van der Waals surface area (Å²) in [5.74, 6) is 0. The van der Waals surface area contributed by atoms with Gasteiger partial charge in [0.25, 0.3) is 0 Å². The Kier molecular flexibility index (Phi) is 4.66. The first-order chi connectivity index (χ1) is 7.99. The van der Waals surface area contributed by atoms with Gasteiger partial charge in [-0.3, -0.25) is 15.1 Å². The summed E-state index contributed by atoms with van der Waals surface area (Å²) in [6.45, 7) is 6.97. The molecule has 17 heavy (non-hydrogen) atoms. The zero-order valence-corrected chi connectivity index (χ0v) is 13.0. The molecule has 0 spiro atoms. The molecule has 2 aliphatic heterocycles. The summed E-state index contributed by atoms with van der Waals surface area (Å²) in [7, 11) is 10.4. The number of nitrogens with one attached hydrogen (secondary N) is 1. The SMILES string of the molecule is CC1CN(C2NC(N(C)C)SS2)C(C)CN1C. The molecule has 2 rings (SSSR count). The van der Waals surface area contributed by atoms with Crippen LogP contribution in [-0.4, -0.2) is 72.0 Å². The van der Waals surface area contributed by atoms with E-state index in [1.54, 1.807) is 0 Å². The molecular formula is C11H24N4S2. The number of hydrogen-bond acceptors (Lipinski definition) is 6. The van der Waals surface area contributed by atoms with E-state index < -0.39 is 0 Å². The normalized spacial score (nSPS) is 41.3. The summed E-state index contributed by atoms with van der Waals surface area (Å²) >= 11 is 0. The molecule has 0 amide bonds. The van der Waals surface area contributed by atoms with Crippen LogP contribution < -0.4 is 5.32 Å². The van der Waals surface area contributed by atoms with Crippen LogP contribution in [0.5, 0.6) is 0 Å². The van der Waals surface area contributed by atoms with Crippen LogP contribution in [0.1, 0.15) is 13.8 Å². The van der Waals surface area contributed by atoms with E-state index >= 15 is 0 Å². The largest absolute Gasteiger partial charge is 0.301 e. The molecule has 0 bridgehead atoms. The van der Waals surface area contributed by atoms with Gasteiger partial charge in [-0.1, -0.05) is 21.6 Å². The lowest BCUT2D eigenvalue weighted by atomic mass is 10.1. The van der Waals surface area contributed by atoms with Crippen LogP contribution in [-0.2, 0) is 0 Å². The van der Waals surface area contributed by atoms with Crippen LogP contribution in [0.25, 0.3) is 0 Å². The summed E-state index contributed by atoms with van der Waals surface area (Å²) in [6, 6.07) is 1.28. The van der Waals surface area contributed by atoms with Gasteiger partial charge in [-0.2, -0.15) is 0 Å². The van der Waals surface area contributed by atoms with Crippen molar-refractivity contribution in [2.24, 2.45) is 0 Å². The molecule has 1 N–H and O–H groups in total. The van der Waals surface area contributed by atoms with Crippen molar-refractivity contribution in [3.05, 3.63) is 0 Å². The van der Waals surface area contributed by atoms with E-state index in [9.17, 15) is 0 Å². The summed E-state index contributed by atoms with van der Waals surface area (Å²) in [6.07, 6.45) is 0. The van der Waals surface area contributed by atoms with Gasteiger partial charge in [-0.15, -0.1) is 0 Å². The number of nitrogens with zero attached hydrogens (tertiary/aromatic N) is 3. The predicted octanol–water partition coefficient (Wildman–Crippen LogP) is 1.12. The molecular weight excluding hydrogens is 252 g/mol. The highest BCUT2D eigenvalue weighted by molar-refractivity contribution is 8.77. The average molecular weight is 276 g/mol.